The molecule has 0 aliphatic rings. The van der Waals surface area contributed by atoms with Crippen LogP contribution >= 0.6 is 0 Å². The summed E-state index contributed by atoms with van der Waals surface area (Å²) >= 11 is 0. The second kappa shape index (κ2) is 4.12. The third-order valence-electron chi connectivity index (χ3n) is 1.87. The Morgan fingerprint density at radius 3 is 2.33 bits per heavy atom. The van der Waals surface area contributed by atoms with Gasteiger partial charge in [0.25, 0.3) is 0 Å². The zero-order valence-corrected chi connectivity index (χ0v) is 7.46. The Balaban J connectivity index is 2.48. The molecule has 12 heavy (non-hydrogen) atoms. The number of nitrogens with two attached hydrogens (primary N) is 2. The highest BCUT2D eigenvalue weighted by Crippen LogP contribution is 2.08. The fraction of sp³-hybridized carbons (Fsp3) is 0.400. The minimum atomic E-state index is 0.280. The van der Waals surface area contributed by atoms with Crippen LogP contribution in [0.3, 0.4) is 0 Å². The van der Waals surface area contributed by atoms with Gasteiger partial charge in [-0.3, -0.25) is 0 Å². The average molecular weight is 164 g/mol. The van der Waals surface area contributed by atoms with Crippen LogP contribution in [0.25, 0.3) is 0 Å². The van der Waals surface area contributed by atoms with E-state index in [1.807, 2.05) is 19.1 Å². The quantitative estimate of drug-likeness (QED) is 0.666. The van der Waals surface area contributed by atoms with E-state index in [-0.39, 0.29) is 6.04 Å². The Morgan fingerprint density at radius 1 is 1.25 bits per heavy atom. The van der Waals surface area contributed by atoms with Crippen molar-refractivity contribution in [1.29, 1.82) is 0 Å². The molecule has 66 valence electrons. The van der Waals surface area contributed by atoms with E-state index in [0.29, 0.717) is 0 Å². The normalized spacial score (nSPS) is 12.8. The monoisotopic (exact) mass is 164 g/mol. The van der Waals surface area contributed by atoms with E-state index in [1.165, 1.54) is 5.56 Å². The van der Waals surface area contributed by atoms with Crippen molar-refractivity contribution in [2.75, 3.05) is 5.73 Å². The van der Waals surface area contributed by atoms with Gasteiger partial charge in [-0.15, -0.1) is 0 Å². The molecule has 0 saturated heterocycles. The van der Waals surface area contributed by atoms with Gasteiger partial charge in [-0.25, -0.2) is 0 Å². The standard InChI is InChI=1S/C10H16N2/c1-8(11)2-3-9-4-6-10(12)7-5-9/h4-8H,2-3,11-12H2,1H3. The lowest BCUT2D eigenvalue weighted by Gasteiger charge is -2.04. The lowest BCUT2D eigenvalue weighted by atomic mass is 10.1. The Morgan fingerprint density at radius 2 is 1.83 bits per heavy atom. The van der Waals surface area contributed by atoms with E-state index < -0.39 is 0 Å². The maximum atomic E-state index is 5.65. The lowest BCUT2D eigenvalue weighted by Crippen LogP contribution is -2.15. The fourth-order valence-corrected chi connectivity index (χ4v) is 1.08. The van der Waals surface area contributed by atoms with Crippen molar-refractivity contribution in [2.24, 2.45) is 5.73 Å². The minimum Gasteiger partial charge on any atom is -0.399 e. The van der Waals surface area contributed by atoms with Gasteiger partial charge in [0.15, 0.2) is 0 Å². The highest BCUT2D eigenvalue weighted by molar-refractivity contribution is 5.39. The molecule has 1 atom stereocenters. The molecule has 0 radical (unpaired) electrons. The van der Waals surface area contributed by atoms with E-state index in [2.05, 4.69) is 12.1 Å². The van der Waals surface area contributed by atoms with E-state index >= 15 is 0 Å². The molecule has 1 aromatic carbocycles. The van der Waals surface area contributed by atoms with Crippen molar-refractivity contribution in [3.63, 3.8) is 0 Å². The smallest absolute Gasteiger partial charge is 0.0314 e. The van der Waals surface area contributed by atoms with Crippen LogP contribution in [0.15, 0.2) is 24.3 Å². The molecule has 1 unspecified atom stereocenters. The average Bonchev–Trinajstić information content (AvgIpc) is 2.03. The summed E-state index contributed by atoms with van der Waals surface area (Å²) in [6.45, 7) is 2.03. The topological polar surface area (TPSA) is 52.0 Å². The Kier molecular flexibility index (Phi) is 3.11. The summed E-state index contributed by atoms with van der Waals surface area (Å²) in [6, 6.07) is 8.24. The summed E-state index contributed by atoms with van der Waals surface area (Å²) in [5.74, 6) is 0. The first-order valence-electron chi connectivity index (χ1n) is 4.28. The highest BCUT2D eigenvalue weighted by Gasteiger charge is 1.95. The molecule has 0 fully saturated rings. The molecule has 0 bridgehead atoms. The maximum absolute atomic E-state index is 5.65. The second-order valence-corrected chi connectivity index (χ2v) is 3.26. The van der Waals surface area contributed by atoms with Gasteiger partial charge >= 0.3 is 0 Å². The minimum absolute atomic E-state index is 0.280. The molecule has 0 aliphatic carbocycles. The summed E-state index contributed by atoms with van der Waals surface area (Å²) in [5.41, 5.74) is 13.3. The molecule has 0 aromatic heterocycles. The summed E-state index contributed by atoms with van der Waals surface area (Å²) in [5, 5.41) is 0. The Bertz CT molecular complexity index is 226. The van der Waals surface area contributed by atoms with Gasteiger partial charge in [-0.2, -0.15) is 0 Å². The molecule has 0 saturated carbocycles. The van der Waals surface area contributed by atoms with Crippen LogP contribution in [-0.4, -0.2) is 6.04 Å². The summed E-state index contributed by atoms with van der Waals surface area (Å²) < 4.78 is 0. The van der Waals surface area contributed by atoms with Crippen LogP contribution in [0.2, 0.25) is 0 Å². The first-order valence-corrected chi connectivity index (χ1v) is 4.28. The summed E-state index contributed by atoms with van der Waals surface area (Å²) in [6.07, 6.45) is 2.07. The zero-order chi connectivity index (χ0) is 8.97. The third-order valence-corrected chi connectivity index (χ3v) is 1.87. The van der Waals surface area contributed by atoms with Crippen molar-refractivity contribution < 1.29 is 0 Å². The van der Waals surface area contributed by atoms with Crippen LogP contribution < -0.4 is 11.5 Å². The van der Waals surface area contributed by atoms with E-state index in [9.17, 15) is 0 Å². The number of hydrogen-bond acceptors (Lipinski definition) is 2. The molecular formula is C10H16N2. The van der Waals surface area contributed by atoms with Gasteiger partial charge in [0.05, 0.1) is 0 Å². The Hall–Kier alpha value is -1.02. The van der Waals surface area contributed by atoms with Crippen LogP contribution in [0.4, 0.5) is 5.69 Å². The molecule has 2 nitrogen and oxygen atoms in total. The first-order chi connectivity index (χ1) is 5.68. The zero-order valence-electron chi connectivity index (χ0n) is 7.46. The van der Waals surface area contributed by atoms with Crippen molar-refractivity contribution in [1.82, 2.24) is 0 Å². The highest BCUT2D eigenvalue weighted by atomic mass is 14.6. The predicted octanol–water partition coefficient (Wildman–Crippen LogP) is 1.55. The lowest BCUT2D eigenvalue weighted by molar-refractivity contribution is 0.666. The number of rotatable bonds is 3. The van der Waals surface area contributed by atoms with Gasteiger partial charge in [-0.05, 0) is 37.5 Å². The van der Waals surface area contributed by atoms with Gasteiger partial charge in [0.2, 0.25) is 0 Å². The van der Waals surface area contributed by atoms with Crippen LogP contribution in [0, 0.1) is 0 Å². The number of aryl methyl sites for hydroxylation is 1. The molecule has 0 spiro atoms. The maximum Gasteiger partial charge on any atom is 0.0314 e. The van der Waals surface area contributed by atoms with Gasteiger partial charge < -0.3 is 11.5 Å². The fourth-order valence-electron chi connectivity index (χ4n) is 1.08. The molecule has 1 aromatic rings. The predicted molar refractivity (Wildman–Crippen MR) is 52.8 cm³/mol. The van der Waals surface area contributed by atoms with E-state index in [0.717, 1.165) is 18.5 Å². The number of hydrogen-bond donors (Lipinski definition) is 2. The number of benzene rings is 1. The molecule has 0 heterocycles. The van der Waals surface area contributed by atoms with Crippen molar-refractivity contribution >= 4 is 5.69 Å². The molecule has 0 amide bonds. The molecule has 0 aliphatic heterocycles. The Labute approximate surface area is 73.6 Å². The SMILES string of the molecule is CC(N)CCc1ccc(N)cc1. The number of nitrogen functional groups attached to an aromatic ring is 1. The van der Waals surface area contributed by atoms with Crippen molar-refractivity contribution in [3.05, 3.63) is 29.8 Å². The van der Waals surface area contributed by atoms with Gasteiger partial charge in [-0.1, -0.05) is 12.1 Å². The van der Waals surface area contributed by atoms with Gasteiger partial charge in [0, 0.05) is 11.7 Å². The second-order valence-electron chi connectivity index (χ2n) is 3.26. The molecule has 4 N–H and O–H groups in total. The summed E-state index contributed by atoms with van der Waals surface area (Å²) in [7, 11) is 0. The van der Waals surface area contributed by atoms with E-state index in [4.69, 9.17) is 11.5 Å². The van der Waals surface area contributed by atoms with E-state index in [1.54, 1.807) is 0 Å². The largest absolute Gasteiger partial charge is 0.399 e. The van der Waals surface area contributed by atoms with Gasteiger partial charge in [0.1, 0.15) is 0 Å². The third kappa shape index (κ3) is 2.93. The number of anilines is 1. The van der Waals surface area contributed by atoms with Crippen LogP contribution in [0.5, 0.6) is 0 Å². The van der Waals surface area contributed by atoms with Crippen LogP contribution in [0.1, 0.15) is 18.9 Å². The molecular weight excluding hydrogens is 148 g/mol. The summed E-state index contributed by atoms with van der Waals surface area (Å²) in [4.78, 5) is 0. The molecule has 1 rings (SSSR count). The van der Waals surface area contributed by atoms with Crippen LogP contribution in [-0.2, 0) is 6.42 Å². The molecule has 2 heteroatoms. The van der Waals surface area contributed by atoms with Crippen molar-refractivity contribution in [3.8, 4) is 0 Å². The van der Waals surface area contributed by atoms with Crippen molar-refractivity contribution in [2.45, 2.75) is 25.8 Å². The first kappa shape index (κ1) is 9.07.